The molecule has 4 bridgehead atoms. The third kappa shape index (κ3) is 3.13. The number of amides is 1. The third-order valence-corrected chi connectivity index (χ3v) is 6.90. The normalized spacial score (nSPS) is 31.9. The van der Waals surface area contributed by atoms with Gasteiger partial charge in [-0.3, -0.25) is 9.78 Å². The van der Waals surface area contributed by atoms with E-state index in [1.165, 1.54) is 50.3 Å². The minimum absolute atomic E-state index is 0.0576. The average molecular weight is 370 g/mol. The predicted octanol–water partition coefficient (Wildman–Crippen LogP) is 3.31. The van der Waals surface area contributed by atoms with E-state index >= 15 is 0 Å². The maximum Gasteiger partial charge on any atom is 0.277 e. The first-order chi connectivity index (χ1) is 12.7. The molecule has 4 fully saturated rings. The Labute approximate surface area is 156 Å². The van der Waals surface area contributed by atoms with Gasteiger partial charge in [-0.1, -0.05) is 11.8 Å². The number of carbonyl (C=O) groups excluding carboxylic acids is 1. The standard InChI is InChI=1S/C19H22N4O2S/c24-16(21-19-7-12-4-13(8-19)6-14(5-12)9-19)11-26-18-23-22-17(25-18)15-2-1-3-20-10-15/h1-3,10,12-14H,4-9,11H2,(H,21,24). The number of nitrogens with one attached hydrogen (secondary N) is 1. The molecular weight excluding hydrogens is 348 g/mol. The second-order valence-corrected chi connectivity index (χ2v) is 9.08. The highest BCUT2D eigenvalue weighted by Crippen LogP contribution is 2.55. The van der Waals surface area contributed by atoms with Gasteiger partial charge in [0.1, 0.15) is 0 Å². The Hall–Kier alpha value is -1.89. The van der Waals surface area contributed by atoms with Crippen molar-refractivity contribution in [2.45, 2.75) is 49.3 Å². The van der Waals surface area contributed by atoms with Crippen LogP contribution >= 0.6 is 11.8 Å². The molecule has 7 heteroatoms. The van der Waals surface area contributed by atoms with Crippen LogP contribution in [0.3, 0.4) is 0 Å². The monoisotopic (exact) mass is 370 g/mol. The van der Waals surface area contributed by atoms with Gasteiger partial charge in [-0.2, -0.15) is 0 Å². The number of carbonyl (C=O) groups is 1. The SMILES string of the molecule is O=C(CSc1nnc(-c2cccnc2)o1)NC12CC3CC(CC(C3)C1)C2. The smallest absolute Gasteiger partial charge is 0.277 e. The van der Waals surface area contributed by atoms with E-state index in [1.807, 2.05) is 12.1 Å². The molecule has 0 atom stereocenters. The van der Waals surface area contributed by atoms with Crippen molar-refractivity contribution in [3.63, 3.8) is 0 Å². The van der Waals surface area contributed by atoms with E-state index in [4.69, 9.17) is 4.42 Å². The van der Waals surface area contributed by atoms with Crippen LogP contribution in [0.1, 0.15) is 38.5 Å². The van der Waals surface area contributed by atoms with Crippen molar-refractivity contribution in [2.75, 3.05) is 5.75 Å². The Kier molecular flexibility index (Phi) is 3.99. The number of pyridine rings is 1. The zero-order chi connectivity index (χ0) is 17.6. The largest absolute Gasteiger partial charge is 0.411 e. The number of nitrogens with zero attached hydrogens (tertiary/aromatic N) is 3. The van der Waals surface area contributed by atoms with E-state index in [9.17, 15) is 4.79 Å². The summed E-state index contributed by atoms with van der Waals surface area (Å²) in [5.41, 5.74) is 0.840. The highest BCUT2D eigenvalue weighted by molar-refractivity contribution is 7.99. The molecule has 136 valence electrons. The molecule has 0 unspecified atom stereocenters. The molecule has 4 saturated carbocycles. The van der Waals surface area contributed by atoms with Gasteiger partial charge in [0.2, 0.25) is 11.8 Å². The van der Waals surface area contributed by atoms with Crippen LogP contribution in [0.25, 0.3) is 11.5 Å². The summed E-state index contributed by atoms with van der Waals surface area (Å²) in [7, 11) is 0. The van der Waals surface area contributed by atoms with Crippen LogP contribution < -0.4 is 5.32 Å². The second kappa shape index (κ2) is 6.37. The van der Waals surface area contributed by atoms with Gasteiger partial charge < -0.3 is 9.73 Å². The molecule has 0 radical (unpaired) electrons. The first-order valence-electron chi connectivity index (χ1n) is 9.35. The lowest BCUT2D eigenvalue weighted by Gasteiger charge is -2.56. The van der Waals surface area contributed by atoms with Crippen molar-refractivity contribution in [3.05, 3.63) is 24.5 Å². The minimum Gasteiger partial charge on any atom is -0.411 e. The van der Waals surface area contributed by atoms with Crippen molar-refractivity contribution < 1.29 is 9.21 Å². The highest BCUT2D eigenvalue weighted by atomic mass is 32.2. The van der Waals surface area contributed by atoms with E-state index in [1.54, 1.807) is 12.4 Å². The summed E-state index contributed by atoms with van der Waals surface area (Å²) in [6.07, 6.45) is 11.0. The van der Waals surface area contributed by atoms with E-state index in [-0.39, 0.29) is 11.4 Å². The van der Waals surface area contributed by atoms with Crippen LogP contribution in [-0.4, -0.2) is 32.4 Å². The Bertz CT molecular complexity index is 772. The highest BCUT2D eigenvalue weighted by Gasteiger charge is 2.51. The molecule has 2 aromatic rings. The van der Waals surface area contributed by atoms with Crippen LogP contribution in [0.4, 0.5) is 0 Å². The van der Waals surface area contributed by atoms with Gasteiger partial charge in [0.05, 0.1) is 11.3 Å². The van der Waals surface area contributed by atoms with Crippen LogP contribution in [0.2, 0.25) is 0 Å². The Morgan fingerprint density at radius 3 is 2.58 bits per heavy atom. The molecular formula is C19H22N4O2S. The molecule has 6 nitrogen and oxygen atoms in total. The summed E-state index contributed by atoms with van der Waals surface area (Å²) in [6.45, 7) is 0. The molecule has 4 aliphatic carbocycles. The van der Waals surface area contributed by atoms with Crippen molar-refractivity contribution in [3.8, 4) is 11.5 Å². The molecule has 0 saturated heterocycles. The summed E-state index contributed by atoms with van der Waals surface area (Å²) in [6, 6.07) is 3.69. The molecule has 0 aromatic carbocycles. The maximum absolute atomic E-state index is 12.5. The Morgan fingerprint density at radius 2 is 1.92 bits per heavy atom. The summed E-state index contributed by atoms with van der Waals surface area (Å²) < 4.78 is 5.63. The molecule has 0 aliphatic heterocycles. The van der Waals surface area contributed by atoms with Crippen molar-refractivity contribution in [1.29, 1.82) is 0 Å². The third-order valence-electron chi connectivity index (χ3n) is 6.08. The first-order valence-corrected chi connectivity index (χ1v) is 10.3. The Morgan fingerprint density at radius 1 is 1.19 bits per heavy atom. The lowest BCUT2D eigenvalue weighted by molar-refractivity contribution is -0.124. The fourth-order valence-electron chi connectivity index (χ4n) is 5.60. The summed E-state index contributed by atoms with van der Waals surface area (Å²) in [5, 5.41) is 11.9. The van der Waals surface area contributed by atoms with Crippen LogP contribution in [0, 0.1) is 17.8 Å². The second-order valence-electron chi connectivity index (χ2n) is 8.15. The summed E-state index contributed by atoms with van der Waals surface area (Å²) >= 11 is 1.30. The molecule has 2 aromatic heterocycles. The maximum atomic E-state index is 12.5. The molecule has 6 rings (SSSR count). The quantitative estimate of drug-likeness (QED) is 0.813. The predicted molar refractivity (Wildman–Crippen MR) is 97.3 cm³/mol. The van der Waals surface area contributed by atoms with Gasteiger partial charge in [-0.15, -0.1) is 10.2 Å². The van der Waals surface area contributed by atoms with Crippen molar-refractivity contribution in [1.82, 2.24) is 20.5 Å². The van der Waals surface area contributed by atoms with Gasteiger partial charge in [0.25, 0.3) is 5.22 Å². The van der Waals surface area contributed by atoms with E-state index in [2.05, 4.69) is 20.5 Å². The van der Waals surface area contributed by atoms with Crippen LogP contribution in [-0.2, 0) is 4.79 Å². The summed E-state index contributed by atoms with van der Waals surface area (Å²) in [4.78, 5) is 16.6. The molecule has 26 heavy (non-hydrogen) atoms. The summed E-state index contributed by atoms with van der Waals surface area (Å²) in [5.74, 6) is 3.31. The fourth-order valence-corrected chi connectivity index (χ4v) is 6.16. The number of hydrogen-bond donors (Lipinski definition) is 1. The topological polar surface area (TPSA) is 80.9 Å². The lowest BCUT2D eigenvalue weighted by atomic mass is 9.53. The van der Waals surface area contributed by atoms with Gasteiger partial charge >= 0.3 is 0 Å². The van der Waals surface area contributed by atoms with E-state index in [0.717, 1.165) is 23.3 Å². The van der Waals surface area contributed by atoms with E-state index in [0.29, 0.717) is 16.9 Å². The molecule has 1 amide bonds. The van der Waals surface area contributed by atoms with Crippen molar-refractivity contribution >= 4 is 17.7 Å². The molecule has 4 aliphatic rings. The minimum atomic E-state index is 0.0576. The zero-order valence-corrected chi connectivity index (χ0v) is 15.4. The Balaban J connectivity index is 1.19. The number of thioether (sulfide) groups is 1. The van der Waals surface area contributed by atoms with E-state index < -0.39 is 0 Å². The number of rotatable bonds is 5. The number of aromatic nitrogens is 3. The van der Waals surface area contributed by atoms with Gasteiger partial charge in [0, 0.05) is 17.9 Å². The van der Waals surface area contributed by atoms with Gasteiger partial charge in [-0.05, 0) is 68.4 Å². The zero-order valence-electron chi connectivity index (χ0n) is 14.6. The number of hydrogen-bond acceptors (Lipinski definition) is 6. The lowest BCUT2D eigenvalue weighted by Crippen LogP contribution is -2.60. The first kappa shape index (κ1) is 16.3. The van der Waals surface area contributed by atoms with Crippen LogP contribution in [0.15, 0.2) is 34.2 Å². The molecule has 0 spiro atoms. The van der Waals surface area contributed by atoms with Gasteiger partial charge in [-0.25, -0.2) is 0 Å². The molecule has 1 N–H and O–H groups in total. The average Bonchev–Trinajstić information content (AvgIpc) is 3.08. The fraction of sp³-hybridized carbons (Fsp3) is 0.579. The molecule has 2 heterocycles. The van der Waals surface area contributed by atoms with Gasteiger partial charge in [0.15, 0.2) is 0 Å². The van der Waals surface area contributed by atoms with Crippen LogP contribution in [0.5, 0.6) is 0 Å². The van der Waals surface area contributed by atoms with Crippen molar-refractivity contribution in [2.24, 2.45) is 17.8 Å².